The topological polar surface area (TPSA) is 54.8 Å². The Hall–Kier alpha value is -1.95. The third-order valence-corrected chi connectivity index (χ3v) is 5.58. The number of hydrogen-bond acceptors (Lipinski definition) is 5. The molecule has 0 unspecified atom stereocenters. The molecule has 2 aromatic rings. The molecule has 0 amide bonds. The second kappa shape index (κ2) is 6.99. The van der Waals surface area contributed by atoms with Crippen molar-refractivity contribution < 1.29 is 14.6 Å². The molecule has 1 saturated heterocycles. The summed E-state index contributed by atoms with van der Waals surface area (Å²) in [6.45, 7) is 2.13. The molecule has 2 fully saturated rings. The number of anilines is 1. The summed E-state index contributed by atoms with van der Waals surface area (Å²) in [5, 5.41) is 11.1. The maximum absolute atomic E-state index is 11.1. The van der Waals surface area contributed by atoms with Crippen LogP contribution < -0.4 is 4.90 Å². The van der Waals surface area contributed by atoms with Crippen molar-refractivity contribution in [1.82, 2.24) is 4.98 Å². The molecule has 5 heteroatoms. The largest absolute Gasteiger partial charge is 0.384 e. The highest BCUT2D eigenvalue weighted by molar-refractivity contribution is 5.45. The number of hydrogen-bond donors (Lipinski definition) is 1. The van der Waals surface area contributed by atoms with E-state index in [9.17, 15) is 5.11 Å². The van der Waals surface area contributed by atoms with Gasteiger partial charge in [0.2, 0.25) is 0 Å². The molecule has 1 saturated carbocycles. The maximum Gasteiger partial charge on any atom is 0.168 e. The summed E-state index contributed by atoms with van der Waals surface area (Å²) in [5.74, 6) is -0.470. The lowest BCUT2D eigenvalue weighted by Gasteiger charge is -2.40. The van der Waals surface area contributed by atoms with E-state index < -0.39 is 11.4 Å². The molecule has 5 nitrogen and oxygen atoms in total. The van der Waals surface area contributed by atoms with Crippen LogP contribution in [-0.2, 0) is 21.6 Å². The van der Waals surface area contributed by atoms with Crippen LogP contribution in [0.15, 0.2) is 48.7 Å². The zero-order chi connectivity index (χ0) is 18.0. The first-order valence-electron chi connectivity index (χ1n) is 9.31. The average molecular weight is 354 g/mol. The zero-order valence-corrected chi connectivity index (χ0v) is 15.2. The Bertz CT molecular complexity index is 717. The van der Waals surface area contributed by atoms with E-state index in [1.807, 2.05) is 36.5 Å². The van der Waals surface area contributed by atoms with Gasteiger partial charge in [-0.2, -0.15) is 0 Å². The molecule has 1 aliphatic heterocycles. The minimum Gasteiger partial charge on any atom is -0.384 e. The second-order valence-corrected chi connectivity index (χ2v) is 7.38. The molecule has 138 valence electrons. The van der Waals surface area contributed by atoms with Gasteiger partial charge >= 0.3 is 0 Å². The van der Waals surface area contributed by atoms with E-state index in [0.717, 1.165) is 17.9 Å². The molecule has 1 aliphatic carbocycles. The number of ether oxygens (including phenoxy) is 2. The molecule has 0 radical (unpaired) electrons. The Labute approximate surface area is 154 Å². The number of benzene rings is 1. The summed E-state index contributed by atoms with van der Waals surface area (Å²) in [5.41, 5.74) is 2.14. The third-order valence-electron chi connectivity index (χ3n) is 5.58. The van der Waals surface area contributed by atoms with E-state index in [2.05, 4.69) is 29.1 Å². The molecule has 1 spiro atoms. The number of rotatable bonds is 4. The minimum absolute atomic E-state index is 0.470. The molecule has 0 bridgehead atoms. The lowest BCUT2D eigenvalue weighted by Crippen LogP contribution is -2.42. The molecule has 4 rings (SSSR count). The van der Waals surface area contributed by atoms with Gasteiger partial charge in [0.1, 0.15) is 5.60 Å². The van der Waals surface area contributed by atoms with Crippen molar-refractivity contribution in [3.8, 4) is 0 Å². The monoisotopic (exact) mass is 354 g/mol. The minimum atomic E-state index is -0.892. The Morgan fingerprint density at radius 2 is 1.69 bits per heavy atom. The fourth-order valence-corrected chi connectivity index (χ4v) is 3.92. The molecule has 2 aliphatic rings. The smallest absolute Gasteiger partial charge is 0.168 e. The van der Waals surface area contributed by atoms with Crippen molar-refractivity contribution in [2.24, 2.45) is 0 Å². The first-order chi connectivity index (χ1) is 12.6. The van der Waals surface area contributed by atoms with E-state index in [-0.39, 0.29) is 0 Å². The lowest BCUT2D eigenvalue weighted by molar-refractivity contribution is -0.204. The highest BCUT2D eigenvalue weighted by Gasteiger charge is 2.46. The van der Waals surface area contributed by atoms with Crippen molar-refractivity contribution in [3.63, 3.8) is 0 Å². The van der Waals surface area contributed by atoms with Gasteiger partial charge in [0.25, 0.3) is 0 Å². The fourth-order valence-electron chi connectivity index (χ4n) is 3.92. The molecule has 1 N–H and O–H groups in total. The Balaban J connectivity index is 1.42. The quantitative estimate of drug-likeness (QED) is 0.914. The third kappa shape index (κ3) is 3.47. The number of pyridine rings is 1. The van der Waals surface area contributed by atoms with Crippen LogP contribution in [0.4, 0.5) is 5.69 Å². The Morgan fingerprint density at radius 1 is 1.00 bits per heavy atom. The highest BCUT2D eigenvalue weighted by Crippen LogP contribution is 2.44. The number of aliphatic hydroxyl groups is 1. The Kier molecular flexibility index (Phi) is 4.69. The van der Waals surface area contributed by atoms with Gasteiger partial charge in [-0.05, 0) is 30.5 Å². The van der Waals surface area contributed by atoms with E-state index in [1.165, 1.54) is 5.56 Å². The van der Waals surface area contributed by atoms with Crippen molar-refractivity contribution in [1.29, 1.82) is 0 Å². The molecular formula is C21H26N2O3. The molecule has 1 aromatic carbocycles. The molecule has 2 heterocycles. The molecule has 26 heavy (non-hydrogen) atoms. The van der Waals surface area contributed by atoms with Crippen LogP contribution in [0.25, 0.3) is 0 Å². The summed E-state index contributed by atoms with van der Waals surface area (Å²) in [7, 11) is 2.05. The SMILES string of the molecule is CN(Cc1ccccc1)c1ccc(C2(O)CCC3(CC2)OCCO3)nc1. The van der Waals surface area contributed by atoms with Gasteiger partial charge in [0.05, 0.1) is 30.8 Å². The lowest BCUT2D eigenvalue weighted by atomic mass is 9.79. The molecular weight excluding hydrogens is 328 g/mol. The van der Waals surface area contributed by atoms with E-state index in [4.69, 9.17) is 9.47 Å². The first-order valence-corrected chi connectivity index (χ1v) is 9.31. The van der Waals surface area contributed by atoms with Crippen LogP contribution in [0.1, 0.15) is 36.9 Å². The van der Waals surface area contributed by atoms with Crippen LogP contribution in [0.5, 0.6) is 0 Å². The predicted octanol–water partition coefficient (Wildman–Crippen LogP) is 3.22. The summed E-state index contributed by atoms with van der Waals surface area (Å²) in [6, 6.07) is 14.3. The predicted molar refractivity (Wildman–Crippen MR) is 99.8 cm³/mol. The summed E-state index contributed by atoms with van der Waals surface area (Å²) in [6.07, 6.45) is 4.49. The maximum atomic E-state index is 11.1. The summed E-state index contributed by atoms with van der Waals surface area (Å²) >= 11 is 0. The molecule has 0 atom stereocenters. The van der Waals surface area contributed by atoms with Crippen LogP contribution in [0.3, 0.4) is 0 Å². The van der Waals surface area contributed by atoms with Gasteiger partial charge in [-0.25, -0.2) is 0 Å². The first kappa shape index (κ1) is 17.5. The van der Waals surface area contributed by atoms with Crippen molar-refractivity contribution >= 4 is 5.69 Å². The van der Waals surface area contributed by atoms with Crippen LogP contribution in [-0.4, -0.2) is 36.1 Å². The number of nitrogens with zero attached hydrogens (tertiary/aromatic N) is 2. The zero-order valence-electron chi connectivity index (χ0n) is 15.2. The van der Waals surface area contributed by atoms with Crippen molar-refractivity contribution in [2.75, 3.05) is 25.2 Å². The molecule has 1 aromatic heterocycles. The van der Waals surface area contributed by atoms with Crippen LogP contribution >= 0.6 is 0 Å². The number of aromatic nitrogens is 1. The van der Waals surface area contributed by atoms with E-state index in [0.29, 0.717) is 38.9 Å². The van der Waals surface area contributed by atoms with Gasteiger partial charge in [0, 0.05) is 26.4 Å². The van der Waals surface area contributed by atoms with Gasteiger partial charge in [-0.1, -0.05) is 30.3 Å². The second-order valence-electron chi connectivity index (χ2n) is 7.38. The van der Waals surface area contributed by atoms with E-state index in [1.54, 1.807) is 0 Å². The highest BCUT2D eigenvalue weighted by atomic mass is 16.7. The van der Waals surface area contributed by atoms with Crippen molar-refractivity contribution in [2.45, 2.75) is 43.6 Å². The van der Waals surface area contributed by atoms with Crippen molar-refractivity contribution in [3.05, 3.63) is 59.9 Å². The van der Waals surface area contributed by atoms with Gasteiger partial charge in [-0.3, -0.25) is 4.98 Å². The fraction of sp³-hybridized carbons (Fsp3) is 0.476. The standard InChI is InChI=1S/C21H26N2O3/c1-23(16-17-5-3-2-4-6-17)18-7-8-19(22-15-18)20(24)9-11-21(12-10-20)25-13-14-26-21/h2-8,15,24H,9-14,16H2,1H3. The van der Waals surface area contributed by atoms with Gasteiger partial charge < -0.3 is 19.5 Å². The van der Waals surface area contributed by atoms with Crippen LogP contribution in [0, 0.1) is 0 Å². The van der Waals surface area contributed by atoms with Gasteiger partial charge in [0.15, 0.2) is 5.79 Å². The van der Waals surface area contributed by atoms with Gasteiger partial charge in [-0.15, -0.1) is 0 Å². The summed E-state index contributed by atoms with van der Waals surface area (Å²) in [4.78, 5) is 6.74. The average Bonchev–Trinajstić information content (AvgIpc) is 3.14. The summed E-state index contributed by atoms with van der Waals surface area (Å²) < 4.78 is 11.5. The van der Waals surface area contributed by atoms with Crippen LogP contribution in [0.2, 0.25) is 0 Å². The Morgan fingerprint density at radius 3 is 2.31 bits per heavy atom. The van der Waals surface area contributed by atoms with E-state index >= 15 is 0 Å². The normalized spacial score (nSPS) is 21.0.